The second kappa shape index (κ2) is 10.8. The summed E-state index contributed by atoms with van der Waals surface area (Å²) in [5.41, 5.74) is 0.494. The average molecular weight is 376 g/mol. The third-order valence-electron chi connectivity index (χ3n) is 3.70. The van der Waals surface area contributed by atoms with Crippen LogP contribution in [0.1, 0.15) is 30.6 Å². The Morgan fingerprint density at radius 2 is 2.08 bits per heavy atom. The maximum absolute atomic E-state index is 12.4. The van der Waals surface area contributed by atoms with Crippen LogP contribution in [0.5, 0.6) is 5.75 Å². The molecule has 1 saturated heterocycles. The molecule has 1 aromatic rings. The lowest BCUT2D eigenvalue weighted by Crippen LogP contribution is -2.44. The fourth-order valence-corrected chi connectivity index (χ4v) is 2.74. The minimum Gasteiger partial charge on any atom is -0.490 e. The van der Waals surface area contributed by atoms with Crippen LogP contribution in [0.25, 0.3) is 0 Å². The lowest BCUT2D eigenvalue weighted by atomic mass is 10.2. The molecule has 1 heterocycles. The van der Waals surface area contributed by atoms with Gasteiger partial charge in [0.25, 0.3) is 5.91 Å². The van der Waals surface area contributed by atoms with Crippen molar-refractivity contribution in [2.24, 2.45) is 0 Å². The van der Waals surface area contributed by atoms with Crippen LogP contribution < -0.4 is 15.4 Å². The largest absolute Gasteiger partial charge is 0.490 e. The molecule has 1 aliphatic heterocycles. The van der Waals surface area contributed by atoms with Crippen molar-refractivity contribution in [1.29, 1.82) is 0 Å². The van der Waals surface area contributed by atoms with E-state index in [9.17, 15) is 4.79 Å². The molecular formula is C17H27Cl2N3O2. The maximum Gasteiger partial charge on any atom is 0.255 e. The van der Waals surface area contributed by atoms with E-state index in [-0.39, 0.29) is 24.4 Å². The Morgan fingerprint density at radius 1 is 1.38 bits per heavy atom. The molecule has 0 aromatic heterocycles. The third-order valence-corrected chi connectivity index (χ3v) is 3.93. The Kier molecular flexibility index (Phi) is 9.44. The zero-order valence-corrected chi connectivity index (χ0v) is 15.9. The molecule has 0 saturated carbocycles. The summed E-state index contributed by atoms with van der Waals surface area (Å²) in [6, 6.07) is 5.14. The molecule has 1 fully saturated rings. The van der Waals surface area contributed by atoms with Crippen molar-refractivity contribution in [3.63, 3.8) is 0 Å². The number of nitrogens with zero attached hydrogens (tertiary/aromatic N) is 1. The number of rotatable bonds is 7. The predicted octanol–water partition coefficient (Wildman–Crippen LogP) is 2.57. The molecule has 0 unspecified atom stereocenters. The van der Waals surface area contributed by atoms with Gasteiger partial charge in [-0.2, -0.15) is 0 Å². The van der Waals surface area contributed by atoms with Crippen LogP contribution >= 0.6 is 24.0 Å². The molecule has 0 aliphatic carbocycles. The molecule has 24 heavy (non-hydrogen) atoms. The van der Waals surface area contributed by atoms with Gasteiger partial charge in [-0.15, -0.1) is 12.4 Å². The topological polar surface area (TPSA) is 53.6 Å². The highest BCUT2D eigenvalue weighted by Gasteiger charge is 2.14. The van der Waals surface area contributed by atoms with E-state index < -0.39 is 0 Å². The Hall–Kier alpha value is -1.01. The van der Waals surface area contributed by atoms with Crippen molar-refractivity contribution in [1.82, 2.24) is 15.5 Å². The predicted molar refractivity (Wildman–Crippen MR) is 101 cm³/mol. The molecule has 1 amide bonds. The van der Waals surface area contributed by atoms with E-state index in [1.807, 2.05) is 13.8 Å². The molecule has 2 N–H and O–H groups in total. The number of nitrogens with one attached hydrogen (secondary N) is 2. The van der Waals surface area contributed by atoms with Crippen molar-refractivity contribution in [2.75, 3.05) is 39.3 Å². The summed E-state index contributed by atoms with van der Waals surface area (Å²) >= 11 is 6.01. The van der Waals surface area contributed by atoms with Gasteiger partial charge >= 0.3 is 0 Å². The number of halogens is 2. The lowest BCUT2D eigenvalue weighted by Gasteiger charge is -2.27. The van der Waals surface area contributed by atoms with Crippen molar-refractivity contribution in [3.8, 4) is 5.75 Å². The fourth-order valence-electron chi connectivity index (χ4n) is 2.57. The zero-order valence-electron chi connectivity index (χ0n) is 14.3. The maximum atomic E-state index is 12.4. The molecule has 5 nitrogen and oxygen atoms in total. The van der Waals surface area contributed by atoms with Crippen LogP contribution in [0.3, 0.4) is 0 Å². The van der Waals surface area contributed by atoms with Crippen LogP contribution in [0, 0.1) is 0 Å². The van der Waals surface area contributed by atoms with E-state index in [0.717, 1.165) is 39.1 Å². The van der Waals surface area contributed by atoms with Crippen LogP contribution in [-0.2, 0) is 0 Å². The first-order chi connectivity index (χ1) is 11.1. The highest BCUT2D eigenvalue weighted by Crippen LogP contribution is 2.23. The van der Waals surface area contributed by atoms with Crippen molar-refractivity contribution < 1.29 is 9.53 Å². The molecule has 0 spiro atoms. The fraction of sp³-hybridized carbons (Fsp3) is 0.588. The number of piperazine rings is 1. The van der Waals surface area contributed by atoms with Crippen LogP contribution in [0.4, 0.5) is 0 Å². The third kappa shape index (κ3) is 6.85. The summed E-state index contributed by atoms with van der Waals surface area (Å²) in [7, 11) is 0. The molecule has 1 aromatic carbocycles. The second-order valence-corrected chi connectivity index (χ2v) is 6.44. The zero-order chi connectivity index (χ0) is 16.7. The quantitative estimate of drug-likeness (QED) is 0.719. The highest BCUT2D eigenvalue weighted by molar-refractivity contribution is 6.31. The molecule has 1 aliphatic rings. The molecule has 136 valence electrons. The standard InChI is InChI=1S/C17H26ClN3O2.ClH/c1-13(2)23-16-5-4-14(18)12-15(16)17(22)20-6-3-9-21-10-7-19-8-11-21;/h4-5,12-13,19H,3,6-11H2,1-2H3,(H,20,22);1H. The van der Waals surface area contributed by atoms with Gasteiger partial charge in [0.05, 0.1) is 11.7 Å². The summed E-state index contributed by atoms with van der Waals surface area (Å²) in [6.07, 6.45) is 0.947. The SMILES string of the molecule is CC(C)Oc1ccc(Cl)cc1C(=O)NCCCN1CCNCC1.Cl. The van der Waals surface area contributed by atoms with Gasteiger partial charge in [-0.25, -0.2) is 0 Å². The van der Waals surface area contributed by atoms with E-state index in [0.29, 0.717) is 22.9 Å². The van der Waals surface area contributed by atoms with Gasteiger partial charge in [0.1, 0.15) is 5.75 Å². The van der Waals surface area contributed by atoms with E-state index in [1.54, 1.807) is 18.2 Å². The Balaban J connectivity index is 0.00000288. The number of carbonyl (C=O) groups excluding carboxylic acids is 1. The van der Waals surface area contributed by atoms with Gasteiger partial charge in [0.2, 0.25) is 0 Å². The molecule has 0 atom stereocenters. The first kappa shape index (κ1) is 21.0. The minimum atomic E-state index is -0.136. The number of hydrogen-bond donors (Lipinski definition) is 2. The van der Waals surface area contributed by atoms with Crippen molar-refractivity contribution >= 4 is 29.9 Å². The lowest BCUT2D eigenvalue weighted by molar-refractivity contribution is 0.0945. The number of benzene rings is 1. The summed E-state index contributed by atoms with van der Waals surface area (Å²) < 4.78 is 5.69. The van der Waals surface area contributed by atoms with Gasteiger partial charge in [-0.1, -0.05) is 11.6 Å². The summed E-state index contributed by atoms with van der Waals surface area (Å²) in [6.45, 7) is 9.77. The smallest absolute Gasteiger partial charge is 0.255 e. The van der Waals surface area contributed by atoms with E-state index in [4.69, 9.17) is 16.3 Å². The summed E-state index contributed by atoms with van der Waals surface area (Å²) in [5, 5.41) is 6.83. The molecule has 0 bridgehead atoms. The Bertz CT molecular complexity index is 521. The van der Waals surface area contributed by atoms with Crippen molar-refractivity contribution in [2.45, 2.75) is 26.4 Å². The normalized spacial score (nSPS) is 15.0. The summed E-state index contributed by atoms with van der Waals surface area (Å²) in [4.78, 5) is 14.8. The van der Waals surface area contributed by atoms with E-state index >= 15 is 0 Å². The van der Waals surface area contributed by atoms with Crippen molar-refractivity contribution in [3.05, 3.63) is 28.8 Å². The van der Waals surface area contributed by atoms with Gasteiger partial charge < -0.3 is 20.3 Å². The van der Waals surface area contributed by atoms with Gasteiger partial charge in [0, 0.05) is 37.7 Å². The highest BCUT2D eigenvalue weighted by atomic mass is 35.5. The number of ether oxygens (including phenoxy) is 1. The summed E-state index contributed by atoms with van der Waals surface area (Å²) in [5.74, 6) is 0.437. The molecule has 2 rings (SSSR count). The number of amides is 1. The molecule has 7 heteroatoms. The first-order valence-electron chi connectivity index (χ1n) is 8.24. The van der Waals surface area contributed by atoms with Crippen LogP contribution in [0.2, 0.25) is 5.02 Å². The average Bonchev–Trinajstić information content (AvgIpc) is 2.53. The van der Waals surface area contributed by atoms with Gasteiger partial charge in [-0.05, 0) is 45.0 Å². The first-order valence-corrected chi connectivity index (χ1v) is 8.61. The minimum absolute atomic E-state index is 0. The van der Waals surface area contributed by atoms with E-state index in [2.05, 4.69) is 15.5 Å². The molecule has 0 radical (unpaired) electrons. The van der Waals surface area contributed by atoms with Crippen LogP contribution in [-0.4, -0.2) is 56.2 Å². The number of hydrogen-bond acceptors (Lipinski definition) is 4. The number of carbonyl (C=O) groups is 1. The Morgan fingerprint density at radius 3 is 2.75 bits per heavy atom. The van der Waals surface area contributed by atoms with E-state index in [1.165, 1.54) is 0 Å². The molecular weight excluding hydrogens is 349 g/mol. The monoisotopic (exact) mass is 375 g/mol. The second-order valence-electron chi connectivity index (χ2n) is 6.01. The van der Waals surface area contributed by atoms with Crippen LogP contribution in [0.15, 0.2) is 18.2 Å². The van der Waals surface area contributed by atoms with Gasteiger partial charge in [0.15, 0.2) is 0 Å². The Labute approximate surface area is 155 Å². The van der Waals surface area contributed by atoms with Gasteiger partial charge in [-0.3, -0.25) is 4.79 Å².